The molecular weight excluding hydrogens is 476 g/mol. The predicted molar refractivity (Wildman–Crippen MR) is 150 cm³/mol. The summed E-state index contributed by atoms with van der Waals surface area (Å²) in [5, 5.41) is 5.61. The fourth-order valence-corrected chi connectivity index (χ4v) is 4.81. The summed E-state index contributed by atoms with van der Waals surface area (Å²) in [7, 11) is 0. The summed E-state index contributed by atoms with van der Waals surface area (Å²) in [4.78, 5) is 27.4. The van der Waals surface area contributed by atoms with Crippen LogP contribution in [0.4, 0.5) is 5.82 Å². The number of para-hydroxylation sites is 1. The van der Waals surface area contributed by atoms with Crippen LogP contribution >= 0.6 is 0 Å². The van der Waals surface area contributed by atoms with Crippen LogP contribution in [-0.4, -0.2) is 63.3 Å². The lowest BCUT2D eigenvalue weighted by atomic mass is 10.2. The lowest BCUT2D eigenvalue weighted by molar-refractivity contribution is 0.0767. The van der Waals surface area contributed by atoms with E-state index in [1.165, 1.54) is 0 Å². The highest BCUT2D eigenvalue weighted by Gasteiger charge is 2.24. The summed E-state index contributed by atoms with van der Waals surface area (Å²) in [5.74, 6) is 2.60. The maximum Gasteiger partial charge on any atom is 0.253 e. The summed E-state index contributed by atoms with van der Waals surface area (Å²) in [6.07, 6.45) is 6.63. The molecule has 8 heteroatoms. The van der Waals surface area contributed by atoms with E-state index in [9.17, 15) is 4.79 Å². The topological polar surface area (TPSA) is 76.4 Å². The standard InChI is InChI=1S/C30H36N6O2/c1-3-5-21-38-25-15-13-23(14-16-25)30(37)35-18-9-17-34(19-20-35)28-26-22-31-36(24-11-7-6-8-12-24)29(26)33-27(32-28)10-4-2/h6-8,11-16,22H,3-5,9-10,17-21H2,1-2H3. The molecule has 0 N–H and O–H groups in total. The van der Waals surface area contributed by atoms with Crippen molar-refractivity contribution in [2.24, 2.45) is 0 Å². The number of rotatable bonds is 9. The molecule has 1 amide bonds. The lowest BCUT2D eigenvalue weighted by Gasteiger charge is -2.24. The molecule has 0 spiro atoms. The van der Waals surface area contributed by atoms with Crippen molar-refractivity contribution in [2.75, 3.05) is 37.7 Å². The van der Waals surface area contributed by atoms with Crippen LogP contribution in [0.25, 0.3) is 16.7 Å². The van der Waals surface area contributed by atoms with Crippen LogP contribution in [0, 0.1) is 0 Å². The van der Waals surface area contributed by atoms with Gasteiger partial charge in [0.05, 0.1) is 23.9 Å². The van der Waals surface area contributed by atoms with E-state index >= 15 is 0 Å². The predicted octanol–water partition coefficient (Wildman–Crippen LogP) is 5.30. The molecule has 4 aromatic rings. The minimum Gasteiger partial charge on any atom is -0.494 e. The maximum absolute atomic E-state index is 13.3. The second kappa shape index (κ2) is 12.1. The molecule has 2 aromatic carbocycles. The van der Waals surface area contributed by atoms with E-state index in [4.69, 9.17) is 14.7 Å². The molecule has 0 unspecified atom stereocenters. The van der Waals surface area contributed by atoms with Crippen molar-refractivity contribution < 1.29 is 9.53 Å². The first-order valence-electron chi connectivity index (χ1n) is 13.7. The Kier molecular flexibility index (Phi) is 8.16. The van der Waals surface area contributed by atoms with Gasteiger partial charge in [0.25, 0.3) is 5.91 Å². The number of amides is 1. The van der Waals surface area contributed by atoms with Gasteiger partial charge in [-0.3, -0.25) is 4.79 Å². The van der Waals surface area contributed by atoms with Crippen LogP contribution in [0.3, 0.4) is 0 Å². The van der Waals surface area contributed by atoms with Crippen LogP contribution in [0.2, 0.25) is 0 Å². The maximum atomic E-state index is 13.3. The summed E-state index contributed by atoms with van der Waals surface area (Å²) >= 11 is 0. The second-order valence-electron chi connectivity index (χ2n) is 9.70. The smallest absolute Gasteiger partial charge is 0.253 e. The number of carbonyl (C=O) groups is 1. The third-order valence-electron chi connectivity index (χ3n) is 6.88. The van der Waals surface area contributed by atoms with Gasteiger partial charge in [0, 0.05) is 38.2 Å². The first-order valence-corrected chi connectivity index (χ1v) is 13.7. The molecule has 2 aromatic heterocycles. The highest BCUT2D eigenvalue weighted by molar-refractivity contribution is 5.94. The third kappa shape index (κ3) is 5.64. The van der Waals surface area contributed by atoms with E-state index in [0.29, 0.717) is 31.8 Å². The number of aromatic nitrogens is 4. The molecule has 198 valence electrons. The van der Waals surface area contributed by atoms with Gasteiger partial charge >= 0.3 is 0 Å². The number of fused-ring (bicyclic) bond motifs is 1. The first kappa shape index (κ1) is 25.7. The zero-order valence-electron chi connectivity index (χ0n) is 22.3. The quantitative estimate of drug-likeness (QED) is 0.283. The average molecular weight is 513 g/mol. The third-order valence-corrected chi connectivity index (χ3v) is 6.88. The van der Waals surface area contributed by atoms with Crippen molar-refractivity contribution in [1.82, 2.24) is 24.6 Å². The monoisotopic (exact) mass is 512 g/mol. The summed E-state index contributed by atoms with van der Waals surface area (Å²) in [5.41, 5.74) is 2.49. The van der Waals surface area contributed by atoms with Crippen molar-refractivity contribution >= 4 is 22.8 Å². The summed E-state index contributed by atoms with van der Waals surface area (Å²) in [6.45, 7) is 7.86. The van der Waals surface area contributed by atoms with Crippen molar-refractivity contribution in [3.8, 4) is 11.4 Å². The fourth-order valence-electron chi connectivity index (χ4n) is 4.81. The minimum absolute atomic E-state index is 0.0587. The molecule has 5 rings (SSSR count). The molecule has 0 aliphatic carbocycles. The minimum atomic E-state index is 0.0587. The van der Waals surface area contributed by atoms with Gasteiger partial charge in [0.2, 0.25) is 0 Å². The first-order chi connectivity index (χ1) is 18.7. The van der Waals surface area contributed by atoms with Gasteiger partial charge in [-0.15, -0.1) is 0 Å². The molecule has 0 saturated carbocycles. The van der Waals surface area contributed by atoms with Crippen molar-refractivity contribution in [1.29, 1.82) is 0 Å². The molecule has 0 bridgehead atoms. The molecule has 38 heavy (non-hydrogen) atoms. The Labute approximate surface area is 224 Å². The van der Waals surface area contributed by atoms with E-state index in [1.54, 1.807) is 0 Å². The number of unbranched alkanes of at least 4 members (excludes halogenated alkanes) is 1. The molecule has 1 aliphatic heterocycles. The molecule has 0 radical (unpaired) electrons. The largest absolute Gasteiger partial charge is 0.494 e. The molecule has 1 fully saturated rings. The lowest BCUT2D eigenvalue weighted by Crippen LogP contribution is -2.35. The molecule has 1 aliphatic rings. The molecule has 0 atom stereocenters. The van der Waals surface area contributed by atoms with Gasteiger partial charge in [0.15, 0.2) is 5.65 Å². The number of benzene rings is 2. The fraction of sp³-hybridized carbons (Fsp3) is 0.400. The normalized spacial score (nSPS) is 14.1. The van der Waals surface area contributed by atoms with E-state index in [2.05, 4.69) is 23.8 Å². The summed E-state index contributed by atoms with van der Waals surface area (Å²) in [6, 6.07) is 17.6. The van der Waals surface area contributed by atoms with E-state index in [1.807, 2.05) is 70.4 Å². The van der Waals surface area contributed by atoms with E-state index in [-0.39, 0.29) is 5.91 Å². The van der Waals surface area contributed by atoms with Crippen LogP contribution in [0.1, 0.15) is 55.7 Å². The number of aryl methyl sites for hydroxylation is 1. The Balaban J connectivity index is 1.34. The number of ether oxygens (including phenoxy) is 1. The molecular formula is C30H36N6O2. The molecule has 3 heterocycles. The average Bonchev–Trinajstić information content (AvgIpc) is 3.22. The van der Waals surface area contributed by atoms with Gasteiger partial charge in [-0.2, -0.15) is 5.10 Å². The summed E-state index contributed by atoms with van der Waals surface area (Å²) < 4.78 is 7.64. The van der Waals surface area contributed by atoms with Crippen LogP contribution < -0.4 is 9.64 Å². The highest BCUT2D eigenvalue weighted by atomic mass is 16.5. The van der Waals surface area contributed by atoms with Gasteiger partial charge in [-0.1, -0.05) is 38.5 Å². The number of carbonyl (C=O) groups excluding carboxylic acids is 1. The SMILES string of the molecule is CCCCOc1ccc(C(=O)N2CCCN(c3nc(CCC)nc4c3cnn4-c3ccccc3)CC2)cc1. The number of anilines is 1. The van der Waals surface area contributed by atoms with Crippen LogP contribution in [0.15, 0.2) is 60.8 Å². The zero-order chi connectivity index (χ0) is 26.3. The Morgan fingerprint density at radius 3 is 2.50 bits per heavy atom. The van der Waals surface area contributed by atoms with Crippen molar-refractivity contribution in [3.05, 3.63) is 72.2 Å². The second-order valence-corrected chi connectivity index (χ2v) is 9.70. The molecule has 1 saturated heterocycles. The van der Waals surface area contributed by atoms with Gasteiger partial charge in [-0.25, -0.2) is 14.6 Å². The van der Waals surface area contributed by atoms with Crippen LogP contribution in [-0.2, 0) is 6.42 Å². The molecule has 8 nitrogen and oxygen atoms in total. The Morgan fingerprint density at radius 1 is 0.921 bits per heavy atom. The Hall–Kier alpha value is -3.94. The van der Waals surface area contributed by atoms with Crippen LogP contribution in [0.5, 0.6) is 5.75 Å². The van der Waals surface area contributed by atoms with E-state index in [0.717, 1.165) is 72.8 Å². The van der Waals surface area contributed by atoms with E-state index < -0.39 is 0 Å². The van der Waals surface area contributed by atoms with Crippen molar-refractivity contribution in [2.45, 2.75) is 46.0 Å². The number of hydrogen-bond donors (Lipinski definition) is 0. The number of nitrogens with zero attached hydrogens (tertiary/aromatic N) is 6. The Bertz CT molecular complexity index is 1350. The van der Waals surface area contributed by atoms with Gasteiger partial charge in [-0.05, 0) is 55.7 Å². The van der Waals surface area contributed by atoms with Gasteiger partial charge < -0.3 is 14.5 Å². The van der Waals surface area contributed by atoms with Gasteiger partial charge in [0.1, 0.15) is 17.4 Å². The highest BCUT2D eigenvalue weighted by Crippen LogP contribution is 2.27. The zero-order valence-corrected chi connectivity index (χ0v) is 22.3. The number of hydrogen-bond acceptors (Lipinski definition) is 6. The van der Waals surface area contributed by atoms with Crippen molar-refractivity contribution in [3.63, 3.8) is 0 Å². The Morgan fingerprint density at radius 2 is 1.74 bits per heavy atom.